The fourth-order valence-electron chi connectivity index (χ4n) is 3.63. The van der Waals surface area contributed by atoms with Crippen molar-refractivity contribution in [3.63, 3.8) is 0 Å². The second kappa shape index (κ2) is 5.96. The van der Waals surface area contributed by atoms with E-state index in [4.69, 9.17) is 14.0 Å². The Labute approximate surface area is 139 Å². The molecule has 5 atom stereocenters. The third-order valence-electron chi connectivity index (χ3n) is 5.01. The molecular formula is C16H22N4O4. The molecule has 2 fully saturated rings. The lowest BCUT2D eigenvalue weighted by molar-refractivity contribution is -0.165. The van der Waals surface area contributed by atoms with Gasteiger partial charge in [-0.25, -0.2) is 4.98 Å². The lowest BCUT2D eigenvalue weighted by atomic mass is 9.95. The summed E-state index contributed by atoms with van der Waals surface area (Å²) < 4.78 is 18.8. The summed E-state index contributed by atoms with van der Waals surface area (Å²) in [5, 5.41) is 18.3. The van der Waals surface area contributed by atoms with Gasteiger partial charge in [-0.05, 0) is 20.8 Å². The van der Waals surface area contributed by atoms with Gasteiger partial charge in [-0.2, -0.15) is 0 Å². The Hall–Kier alpha value is -1.74. The summed E-state index contributed by atoms with van der Waals surface area (Å²) in [6, 6.07) is -0.572. The van der Waals surface area contributed by atoms with Crippen molar-refractivity contribution < 1.29 is 19.1 Å². The van der Waals surface area contributed by atoms with Gasteiger partial charge in [0.2, 0.25) is 0 Å². The summed E-state index contributed by atoms with van der Waals surface area (Å²) in [5.41, 5.74) is 1.87. The van der Waals surface area contributed by atoms with Gasteiger partial charge >= 0.3 is 0 Å². The third-order valence-corrected chi connectivity index (χ3v) is 5.01. The Balaban J connectivity index is 1.55. The second-order valence-electron chi connectivity index (χ2n) is 6.45. The summed E-state index contributed by atoms with van der Waals surface area (Å²) in [7, 11) is 0. The van der Waals surface area contributed by atoms with E-state index in [-0.39, 0.29) is 18.2 Å². The molecule has 2 aliphatic rings. The van der Waals surface area contributed by atoms with Crippen LogP contribution in [0.2, 0.25) is 0 Å². The minimum absolute atomic E-state index is 0.175. The normalized spacial score (nSPS) is 32.4. The van der Waals surface area contributed by atoms with E-state index >= 15 is 0 Å². The fourth-order valence-corrected chi connectivity index (χ4v) is 3.63. The van der Waals surface area contributed by atoms with Gasteiger partial charge in [-0.1, -0.05) is 5.16 Å². The lowest BCUT2D eigenvalue weighted by Crippen LogP contribution is -2.57. The summed E-state index contributed by atoms with van der Waals surface area (Å²) in [6.07, 6.45) is 2.29. The number of nitrogens with one attached hydrogen (secondary N) is 1. The number of rotatable bonds is 4. The minimum atomic E-state index is -0.648. The number of aliphatic hydroxyl groups excluding tert-OH is 1. The van der Waals surface area contributed by atoms with E-state index in [0.717, 1.165) is 22.8 Å². The van der Waals surface area contributed by atoms with Gasteiger partial charge in [0.25, 0.3) is 0 Å². The number of hydrogen-bond acceptors (Lipinski definition) is 7. The first kappa shape index (κ1) is 15.8. The number of aliphatic hydroxyl groups is 1. The number of imidazole rings is 1. The van der Waals surface area contributed by atoms with Crippen molar-refractivity contribution in [2.75, 3.05) is 6.61 Å². The average Bonchev–Trinajstić information content (AvgIpc) is 3.24. The highest BCUT2D eigenvalue weighted by Gasteiger charge is 2.51. The highest BCUT2D eigenvalue weighted by Crippen LogP contribution is 2.36. The van der Waals surface area contributed by atoms with Crippen LogP contribution >= 0.6 is 0 Å². The fraction of sp³-hybridized carbons (Fsp3) is 0.625. The third kappa shape index (κ3) is 2.46. The first-order chi connectivity index (χ1) is 11.6. The molecule has 2 N–H and O–H groups in total. The molecule has 2 bridgehead atoms. The predicted molar refractivity (Wildman–Crippen MR) is 83.2 cm³/mol. The molecule has 2 aromatic rings. The molecule has 24 heavy (non-hydrogen) atoms. The van der Waals surface area contributed by atoms with E-state index in [9.17, 15) is 5.11 Å². The van der Waals surface area contributed by atoms with E-state index in [1.165, 1.54) is 0 Å². The van der Waals surface area contributed by atoms with Crippen LogP contribution in [0.25, 0.3) is 0 Å². The molecule has 0 aromatic carbocycles. The number of aryl methyl sites for hydroxylation is 3. The Kier molecular flexibility index (Phi) is 3.92. The Bertz CT molecular complexity index is 708. The molecule has 4 rings (SSSR count). The molecule has 2 aliphatic heterocycles. The number of hydrogen-bond donors (Lipinski definition) is 2. The zero-order valence-corrected chi connectivity index (χ0v) is 14.0. The van der Waals surface area contributed by atoms with Crippen LogP contribution in [0, 0.1) is 20.8 Å². The average molecular weight is 334 g/mol. The second-order valence-corrected chi connectivity index (χ2v) is 6.45. The van der Waals surface area contributed by atoms with Crippen LogP contribution in [0.15, 0.2) is 16.9 Å². The number of fused-ring (bicyclic) bond motifs is 2. The molecule has 0 radical (unpaired) electrons. The molecule has 0 aliphatic carbocycles. The van der Waals surface area contributed by atoms with Crippen LogP contribution < -0.4 is 5.32 Å². The summed E-state index contributed by atoms with van der Waals surface area (Å²) in [6.45, 7) is 6.72. The van der Waals surface area contributed by atoms with Crippen molar-refractivity contribution in [1.29, 1.82) is 0 Å². The monoisotopic (exact) mass is 334 g/mol. The minimum Gasteiger partial charge on any atom is -0.389 e. The van der Waals surface area contributed by atoms with Gasteiger partial charge in [-0.15, -0.1) is 0 Å². The topological polar surface area (TPSA) is 94.6 Å². The predicted octanol–water partition coefficient (Wildman–Crippen LogP) is 0.612. The van der Waals surface area contributed by atoms with Gasteiger partial charge in [0, 0.05) is 24.5 Å². The van der Waals surface area contributed by atoms with Crippen molar-refractivity contribution in [2.24, 2.45) is 0 Å². The number of nitrogens with zero attached hydrogens (tertiary/aromatic N) is 3. The van der Waals surface area contributed by atoms with Crippen LogP contribution in [-0.4, -0.2) is 51.0 Å². The van der Waals surface area contributed by atoms with E-state index in [0.29, 0.717) is 13.2 Å². The van der Waals surface area contributed by atoms with Gasteiger partial charge in [-0.3, -0.25) is 0 Å². The van der Waals surface area contributed by atoms with Crippen molar-refractivity contribution >= 4 is 0 Å². The Morgan fingerprint density at radius 2 is 2.21 bits per heavy atom. The van der Waals surface area contributed by atoms with Crippen molar-refractivity contribution in [1.82, 2.24) is 20.0 Å². The molecule has 4 heterocycles. The molecule has 2 aromatic heterocycles. The van der Waals surface area contributed by atoms with E-state index in [1.807, 2.05) is 31.5 Å². The highest BCUT2D eigenvalue weighted by atomic mass is 16.7. The lowest BCUT2D eigenvalue weighted by Gasteiger charge is -2.39. The Morgan fingerprint density at radius 3 is 2.88 bits per heavy atom. The molecular weight excluding hydrogens is 312 g/mol. The summed E-state index contributed by atoms with van der Waals surface area (Å²) in [4.78, 5) is 4.24. The quantitative estimate of drug-likeness (QED) is 0.846. The highest BCUT2D eigenvalue weighted by molar-refractivity contribution is 5.20. The smallest absolute Gasteiger partial charge is 0.181 e. The van der Waals surface area contributed by atoms with Crippen molar-refractivity contribution in [2.45, 2.75) is 57.9 Å². The molecule has 130 valence electrons. The molecule has 2 saturated heterocycles. The molecule has 0 unspecified atom stereocenters. The SMILES string of the molecule is Cc1noc(C)c1CN[C@H]1[C@H](O)[C@@H](n2ccnc2C)[C@@H]2OC[C@H]1O2. The summed E-state index contributed by atoms with van der Waals surface area (Å²) in [5.74, 6) is 1.61. The van der Waals surface area contributed by atoms with E-state index in [2.05, 4.69) is 15.5 Å². The number of aromatic nitrogens is 3. The first-order valence-electron chi connectivity index (χ1n) is 8.16. The Morgan fingerprint density at radius 1 is 1.38 bits per heavy atom. The van der Waals surface area contributed by atoms with Gasteiger partial charge in [0.15, 0.2) is 6.29 Å². The zero-order valence-electron chi connectivity index (χ0n) is 14.0. The molecule has 8 nitrogen and oxygen atoms in total. The van der Waals surface area contributed by atoms with Crippen LogP contribution in [0.4, 0.5) is 0 Å². The first-order valence-corrected chi connectivity index (χ1v) is 8.16. The molecule has 0 saturated carbocycles. The van der Waals surface area contributed by atoms with Gasteiger partial charge < -0.3 is 29.0 Å². The largest absolute Gasteiger partial charge is 0.389 e. The summed E-state index contributed by atoms with van der Waals surface area (Å²) >= 11 is 0. The van der Waals surface area contributed by atoms with Crippen LogP contribution in [0.5, 0.6) is 0 Å². The van der Waals surface area contributed by atoms with Crippen molar-refractivity contribution in [3.05, 3.63) is 35.2 Å². The number of ether oxygens (including phenoxy) is 2. The van der Waals surface area contributed by atoms with Crippen LogP contribution in [0.1, 0.15) is 28.9 Å². The standard InChI is InChI=1S/C16H22N4O4/c1-8-11(9(2)24-19-8)6-18-13-12-7-22-16(23-12)14(15(13)21)20-5-4-17-10(20)3/h4-5,12-16,18,21H,6-7H2,1-3H3/t12-,13-,14-,15+,16-/m1/s1. The van der Waals surface area contributed by atoms with E-state index in [1.54, 1.807) is 6.20 Å². The maximum Gasteiger partial charge on any atom is 0.181 e. The van der Waals surface area contributed by atoms with Gasteiger partial charge in [0.1, 0.15) is 23.7 Å². The van der Waals surface area contributed by atoms with Crippen LogP contribution in [-0.2, 0) is 16.0 Å². The zero-order chi connectivity index (χ0) is 16.8. The van der Waals surface area contributed by atoms with Gasteiger partial charge in [0.05, 0.1) is 24.4 Å². The maximum absolute atomic E-state index is 11.0. The molecule has 0 spiro atoms. The van der Waals surface area contributed by atoms with E-state index < -0.39 is 12.4 Å². The van der Waals surface area contributed by atoms with Crippen LogP contribution in [0.3, 0.4) is 0 Å². The molecule has 0 amide bonds. The van der Waals surface area contributed by atoms with Crippen molar-refractivity contribution in [3.8, 4) is 0 Å². The maximum atomic E-state index is 11.0. The molecule has 8 heteroatoms.